The molecule has 1 saturated heterocycles. The van der Waals surface area contributed by atoms with Crippen LogP contribution in [0.4, 0.5) is 10.5 Å². The zero-order valence-corrected chi connectivity index (χ0v) is 16.0. The molecule has 1 N–H and O–H groups in total. The maximum Gasteiger partial charge on any atom is 0.295 e. The number of amides is 2. The van der Waals surface area contributed by atoms with Crippen LogP contribution in [0, 0.1) is 0 Å². The molecule has 8 heteroatoms. The van der Waals surface area contributed by atoms with Gasteiger partial charge in [0.15, 0.2) is 0 Å². The highest BCUT2D eigenvalue weighted by Gasteiger charge is 2.34. The minimum atomic E-state index is -0.351. The number of halogens is 2. The molecular weight excluding hydrogens is 395 g/mol. The molecule has 2 aromatic rings. The lowest BCUT2D eigenvalue weighted by molar-refractivity contribution is -0.122. The second kappa shape index (κ2) is 8.03. The number of nitrogens with zero attached hydrogens (tertiary/aromatic N) is 1. The van der Waals surface area contributed by atoms with Crippen molar-refractivity contribution in [3.63, 3.8) is 0 Å². The quantitative estimate of drug-likeness (QED) is 0.696. The molecule has 0 unspecified atom stereocenters. The maximum absolute atomic E-state index is 12.5. The largest absolute Gasteiger partial charge is 0.497 e. The molecule has 0 radical (unpaired) electrons. The highest BCUT2D eigenvalue weighted by molar-refractivity contribution is 8.18. The summed E-state index contributed by atoms with van der Waals surface area (Å²) in [5.41, 5.74) is 1.45. The molecule has 2 aromatic carbocycles. The lowest BCUT2D eigenvalue weighted by Gasteiger charge is -2.14. The second-order valence-corrected chi connectivity index (χ2v) is 7.16. The Morgan fingerprint density at radius 1 is 1.15 bits per heavy atom. The van der Waals surface area contributed by atoms with Gasteiger partial charge in [-0.05, 0) is 53.7 Å². The smallest absolute Gasteiger partial charge is 0.295 e. The zero-order valence-electron chi connectivity index (χ0n) is 13.7. The first-order valence-electron chi connectivity index (χ1n) is 7.56. The summed E-state index contributed by atoms with van der Waals surface area (Å²) in [4.78, 5) is 26.2. The van der Waals surface area contributed by atoms with E-state index in [2.05, 4.69) is 5.32 Å². The van der Waals surface area contributed by atoms with Crippen LogP contribution in [0.15, 0.2) is 47.4 Å². The number of benzene rings is 2. The first-order chi connectivity index (χ1) is 12.5. The van der Waals surface area contributed by atoms with Gasteiger partial charge in [0, 0.05) is 5.69 Å². The molecule has 0 aliphatic carbocycles. The Labute approximate surface area is 164 Å². The summed E-state index contributed by atoms with van der Waals surface area (Å²) in [5, 5.41) is 3.49. The molecule has 1 heterocycles. The Kier molecular flexibility index (Phi) is 5.76. The topological polar surface area (TPSA) is 58.6 Å². The van der Waals surface area contributed by atoms with E-state index in [-0.39, 0.29) is 17.8 Å². The van der Waals surface area contributed by atoms with Gasteiger partial charge in [-0.2, -0.15) is 0 Å². The van der Waals surface area contributed by atoms with Crippen molar-refractivity contribution in [2.45, 2.75) is 0 Å². The lowest BCUT2D eigenvalue weighted by atomic mass is 10.2. The molecule has 0 atom stereocenters. The third-order valence-corrected chi connectivity index (χ3v) is 5.27. The van der Waals surface area contributed by atoms with E-state index in [0.717, 1.165) is 22.2 Å². The fraction of sp³-hybridized carbons (Fsp3) is 0.111. The molecule has 0 spiro atoms. The normalized spacial score (nSPS) is 15.7. The summed E-state index contributed by atoms with van der Waals surface area (Å²) in [6, 6.07) is 12.3. The predicted molar refractivity (Wildman–Crippen MR) is 106 cm³/mol. The van der Waals surface area contributed by atoms with Gasteiger partial charge in [-0.3, -0.25) is 14.5 Å². The van der Waals surface area contributed by atoms with Crippen LogP contribution >= 0.6 is 35.0 Å². The lowest BCUT2D eigenvalue weighted by Crippen LogP contribution is -2.33. The van der Waals surface area contributed by atoms with Crippen molar-refractivity contribution in [3.05, 3.63) is 63.0 Å². The van der Waals surface area contributed by atoms with E-state index in [0.29, 0.717) is 26.4 Å². The molecule has 2 amide bonds. The number of carbonyl (C=O) groups excluding carboxylic acids is 2. The van der Waals surface area contributed by atoms with Crippen molar-refractivity contribution in [2.75, 3.05) is 19.1 Å². The summed E-state index contributed by atoms with van der Waals surface area (Å²) in [6.45, 7) is 0.0398. The first kappa shape index (κ1) is 18.6. The molecule has 1 fully saturated rings. The van der Waals surface area contributed by atoms with Gasteiger partial charge in [0.25, 0.3) is 11.1 Å². The summed E-state index contributed by atoms with van der Waals surface area (Å²) in [7, 11) is 1.57. The number of thioether (sulfide) groups is 1. The Morgan fingerprint density at radius 2 is 1.96 bits per heavy atom. The molecule has 0 aromatic heterocycles. The third-order valence-electron chi connectivity index (χ3n) is 3.63. The van der Waals surface area contributed by atoms with Crippen LogP contribution in [0.3, 0.4) is 0 Å². The monoisotopic (exact) mass is 408 g/mol. The van der Waals surface area contributed by atoms with Crippen LogP contribution in [0.1, 0.15) is 5.56 Å². The molecule has 0 saturated carbocycles. The van der Waals surface area contributed by atoms with Gasteiger partial charge in [0.2, 0.25) is 0 Å². The number of carbonyl (C=O) groups is 2. The Hall–Kier alpha value is -2.15. The fourth-order valence-corrected chi connectivity index (χ4v) is 3.43. The molecule has 26 heavy (non-hydrogen) atoms. The first-order valence-corrected chi connectivity index (χ1v) is 9.13. The van der Waals surface area contributed by atoms with Gasteiger partial charge in [0.05, 0.1) is 28.7 Å². The number of methoxy groups -OCH3 is 1. The van der Waals surface area contributed by atoms with Crippen molar-refractivity contribution in [1.29, 1.82) is 0 Å². The number of hydrogen-bond acceptors (Lipinski definition) is 5. The van der Waals surface area contributed by atoms with Crippen LogP contribution in [-0.4, -0.2) is 29.8 Å². The van der Waals surface area contributed by atoms with Crippen molar-refractivity contribution < 1.29 is 14.3 Å². The number of ether oxygens (including phenoxy) is 1. The molecule has 5 nitrogen and oxygen atoms in total. The van der Waals surface area contributed by atoms with Crippen LogP contribution < -0.4 is 10.1 Å². The Bertz CT molecular complexity index is 902. The molecule has 134 valence electrons. The number of hydrogen-bond donors (Lipinski definition) is 1. The maximum atomic E-state index is 12.5. The van der Waals surface area contributed by atoms with Crippen LogP contribution in [0.2, 0.25) is 10.0 Å². The minimum Gasteiger partial charge on any atom is -0.497 e. The van der Waals surface area contributed by atoms with E-state index < -0.39 is 0 Å². The van der Waals surface area contributed by atoms with Crippen molar-refractivity contribution in [3.8, 4) is 5.75 Å². The van der Waals surface area contributed by atoms with Crippen LogP contribution in [0.25, 0.3) is 6.08 Å². The second-order valence-electron chi connectivity index (χ2n) is 5.35. The molecule has 0 bridgehead atoms. The van der Waals surface area contributed by atoms with Gasteiger partial charge >= 0.3 is 0 Å². The number of imide groups is 1. The van der Waals surface area contributed by atoms with E-state index in [4.69, 9.17) is 27.9 Å². The fourth-order valence-electron chi connectivity index (χ4n) is 2.30. The van der Waals surface area contributed by atoms with E-state index in [9.17, 15) is 9.59 Å². The summed E-state index contributed by atoms with van der Waals surface area (Å²) >= 11 is 12.7. The van der Waals surface area contributed by atoms with Crippen LogP contribution in [0.5, 0.6) is 5.75 Å². The standard InChI is InChI=1S/C18H14Cl2N2O3S/c1-25-13-4-2-3-11(7-13)8-16-17(23)22(18(24)26-16)10-21-12-5-6-14(19)15(20)9-12/h2-9,21H,10H2,1H3/b16-8-. The minimum absolute atomic E-state index is 0.0398. The van der Waals surface area contributed by atoms with E-state index >= 15 is 0 Å². The van der Waals surface area contributed by atoms with Gasteiger partial charge in [0.1, 0.15) is 5.75 Å². The Morgan fingerprint density at radius 3 is 2.69 bits per heavy atom. The van der Waals surface area contributed by atoms with Crippen molar-refractivity contribution in [1.82, 2.24) is 4.90 Å². The number of nitrogens with one attached hydrogen (secondary N) is 1. The molecule has 1 aliphatic heterocycles. The van der Waals surface area contributed by atoms with Gasteiger partial charge < -0.3 is 10.1 Å². The Balaban J connectivity index is 1.72. The van der Waals surface area contributed by atoms with Gasteiger partial charge in [-0.25, -0.2) is 0 Å². The SMILES string of the molecule is COc1cccc(/C=C2\SC(=O)N(CNc3ccc(Cl)c(Cl)c3)C2=O)c1. The van der Waals surface area contributed by atoms with Crippen molar-refractivity contribution in [2.24, 2.45) is 0 Å². The van der Waals surface area contributed by atoms with E-state index in [1.807, 2.05) is 18.2 Å². The summed E-state index contributed by atoms with van der Waals surface area (Å²) in [5.74, 6) is 0.328. The highest BCUT2D eigenvalue weighted by atomic mass is 35.5. The number of rotatable bonds is 5. The third kappa shape index (κ3) is 4.15. The average molecular weight is 409 g/mol. The van der Waals surface area contributed by atoms with Crippen LogP contribution in [-0.2, 0) is 4.79 Å². The molecule has 3 rings (SSSR count). The van der Waals surface area contributed by atoms with Crippen molar-refractivity contribution >= 4 is 57.9 Å². The average Bonchev–Trinajstić information content (AvgIpc) is 2.89. The van der Waals surface area contributed by atoms with Gasteiger partial charge in [-0.1, -0.05) is 35.3 Å². The summed E-state index contributed by atoms with van der Waals surface area (Å²) in [6.07, 6.45) is 1.67. The molecular formula is C18H14Cl2N2O3S. The zero-order chi connectivity index (χ0) is 18.7. The predicted octanol–water partition coefficient (Wildman–Crippen LogP) is 5.11. The summed E-state index contributed by atoms with van der Waals surface area (Å²) < 4.78 is 5.17. The van der Waals surface area contributed by atoms with E-state index in [1.54, 1.807) is 37.5 Å². The highest BCUT2D eigenvalue weighted by Crippen LogP contribution is 2.33. The number of anilines is 1. The van der Waals surface area contributed by atoms with E-state index in [1.165, 1.54) is 0 Å². The molecule has 1 aliphatic rings. The van der Waals surface area contributed by atoms with Gasteiger partial charge in [-0.15, -0.1) is 0 Å².